The third-order valence-corrected chi connectivity index (χ3v) is 4.18. The van der Waals surface area contributed by atoms with Gasteiger partial charge in [0, 0.05) is 18.8 Å². The van der Waals surface area contributed by atoms with E-state index in [-0.39, 0.29) is 11.8 Å². The summed E-state index contributed by atoms with van der Waals surface area (Å²) in [5, 5.41) is 2.66. The molecule has 19 heavy (non-hydrogen) atoms. The van der Waals surface area contributed by atoms with Crippen molar-refractivity contribution >= 4 is 33.1 Å². The number of nitrogens with zero attached hydrogens (tertiary/aromatic N) is 2. The average Bonchev–Trinajstić information content (AvgIpc) is 3.02. The molecule has 5 heteroatoms. The van der Waals surface area contributed by atoms with E-state index in [0.717, 1.165) is 28.9 Å². The summed E-state index contributed by atoms with van der Waals surface area (Å²) >= 11 is 1.38. The zero-order chi connectivity index (χ0) is 14.1. The number of carbonyl (C=O) groups is 1. The van der Waals surface area contributed by atoms with Crippen molar-refractivity contribution < 1.29 is 6.17 Å². The molecule has 1 atom stereocenters. The number of amides is 1. The van der Waals surface area contributed by atoms with Crippen molar-refractivity contribution in [3.63, 3.8) is 0 Å². The number of nitrogens with one attached hydrogen (secondary N) is 1. The summed E-state index contributed by atoms with van der Waals surface area (Å²) < 4.78 is 8.60. The van der Waals surface area contributed by atoms with Crippen LogP contribution in [0.5, 0.6) is 0 Å². The molecule has 1 fully saturated rings. The highest BCUT2D eigenvalue weighted by atomic mass is 32.1. The molecule has 1 aromatic carbocycles. The zero-order valence-corrected chi connectivity index (χ0v) is 11.2. The molecule has 98 valence electrons. The topological polar surface area (TPSA) is 45.2 Å². The fourth-order valence-corrected chi connectivity index (χ4v) is 3.01. The van der Waals surface area contributed by atoms with Gasteiger partial charge in [0.2, 0.25) is 5.91 Å². The standard InChI is InChI=1S/C14H15N3OS/c1-2-15-14(18)10-5-6-17(8-10)11-3-4-13-12(7-11)16-9-19-13/h2-4,7,9-10H,1,5-6,8H2,(H,15,18)/i9T. The number of carbonyl (C=O) groups excluding carboxylic acids is 1. The third kappa shape index (κ3) is 2.33. The van der Waals surface area contributed by atoms with Gasteiger partial charge in [0.1, 0.15) is 0 Å². The summed E-state index contributed by atoms with van der Waals surface area (Å²) in [5.74, 6) is 0.0385. The lowest BCUT2D eigenvalue weighted by Gasteiger charge is -2.18. The van der Waals surface area contributed by atoms with Crippen LogP contribution in [-0.2, 0) is 4.79 Å². The van der Waals surface area contributed by atoms with E-state index < -0.39 is 0 Å². The molecule has 1 amide bonds. The van der Waals surface area contributed by atoms with Crippen molar-refractivity contribution in [1.82, 2.24) is 10.3 Å². The van der Waals surface area contributed by atoms with Crippen molar-refractivity contribution in [2.24, 2.45) is 5.92 Å². The molecule has 1 aliphatic rings. The highest BCUT2D eigenvalue weighted by molar-refractivity contribution is 7.16. The van der Waals surface area contributed by atoms with Gasteiger partial charge in [0.25, 0.3) is 0 Å². The van der Waals surface area contributed by atoms with E-state index in [2.05, 4.69) is 21.8 Å². The first kappa shape index (κ1) is 11.0. The van der Waals surface area contributed by atoms with E-state index in [1.54, 1.807) is 0 Å². The lowest BCUT2D eigenvalue weighted by atomic mass is 10.1. The van der Waals surface area contributed by atoms with E-state index in [1.807, 2.05) is 18.2 Å². The summed E-state index contributed by atoms with van der Waals surface area (Å²) in [5.41, 5.74) is 2.26. The Hall–Kier alpha value is -1.88. The molecule has 0 radical (unpaired) electrons. The number of benzene rings is 1. The van der Waals surface area contributed by atoms with Gasteiger partial charge in [-0.3, -0.25) is 4.79 Å². The van der Waals surface area contributed by atoms with Crippen LogP contribution in [0.3, 0.4) is 0 Å². The first-order chi connectivity index (χ1) is 9.67. The maximum absolute atomic E-state index is 11.8. The van der Waals surface area contributed by atoms with E-state index in [4.69, 9.17) is 1.37 Å². The summed E-state index contributed by atoms with van der Waals surface area (Å²) in [6, 6.07) is 6.03. The van der Waals surface area contributed by atoms with Crippen molar-refractivity contribution in [2.75, 3.05) is 18.0 Å². The van der Waals surface area contributed by atoms with E-state index in [1.165, 1.54) is 17.5 Å². The summed E-state index contributed by atoms with van der Waals surface area (Å²) in [6.07, 6.45) is 2.28. The average molecular weight is 275 g/mol. The van der Waals surface area contributed by atoms with Gasteiger partial charge in [0.05, 0.1) is 23.0 Å². The number of hydrogen-bond acceptors (Lipinski definition) is 4. The van der Waals surface area contributed by atoms with Crippen molar-refractivity contribution in [3.05, 3.63) is 36.5 Å². The largest absolute Gasteiger partial charge is 0.371 e. The number of rotatable bonds is 3. The molecular weight excluding hydrogens is 258 g/mol. The minimum atomic E-state index is 0.00543. The van der Waals surface area contributed by atoms with Crippen LogP contribution in [0.1, 0.15) is 7.79 Å². The van der Waals surface area contributed by atoms with Crippen molar-refractivity contribution in [3.8, 4) is 0 Å². The Morgan fingerprint density at radius 2 is 2.58 bits per heavy atom. The molecule has 4 nitrogen and oxygen atoms in total. The van der Waals surface area contributed by atoms with E-state index in [0.29, 0.717) is 12.0 Å². The van der Waals surface area contributed by atoms with Crippen molar-refractivity contribution in [1.29, 1.82) is 0 Å². The van der Waals surface area contributed by atoms with Gasteiger partial charge in [0.15, 0.2) is 0 Å². The Labute approximate surface area is 117 Å². The smallest absolute Gasteiger partial charge is 0.228 e. The lowest BCUT2D eigenvalue weighted by Crippen LogP contribution is -2.29. The van der Waals surface area contributed by atoms with Gasteiger partial charge in [-0.25, -0.2) is 4.98 Å². The molecule has 2 heterocycles. The number of anilines is 1. The Kier molecular flexibility index (Phi) is 2.90. The van der Waals surface area contributed by atoms with Crippen LogP contribution in [0.25, 0.3) is 10.2 Å². The van der Waals surface area contributed by atoms with Crippen molar-refractivity contribution in [2.45, 2.75) is 6.42 Å². The summed E-state index contributed by atoms with van der Waals surface area (Å²) in [7, 11) is 0. The first-order valence-electron chi connectivity index (χ1n) is 6.71. The second-order valence-corrected chi connectivity index (χ2v) is 5.43. The van der Waals surface area contributed by atoms with E-state index in [9.17, 15) is 4.79 Å². The molecule has 0 aliphatic carbocycles. The fraction of sp³-hybridized carbons (Fsp3) is 0.286. The molecule has 0 spiro atoms. The van der Waals surface area contributed by atoms with Crippen LogP contribution < -0.4 is 10.2 Å². The van der Waals surface area contributed by atoms with Gasteiger partial charge in [-0.05, 0) is 30.8 Å². The molecule has 1 N–H and O–H groups in total. The second-order valence-electron chi connectivity index (χ2n) is 4.60. The molecule has 0 saturated carbocycles. The highest BCUT2D eigenvalue weighted by Crippen LogP contribution is 2.28. The van der Waals surface area contributed by atoms with Crippen LogP contribution in [0.2, 0.25) is 0 Å². The molecule has 0 bridgehead atoms. The highest BCUT2D eigenvalue weighted by Gasteiger charge is 2.28. The minimum Gasteiger partial charge on any atom is -0.371 e. The fourth-order valence-electron chi connectivity index (χ4n) is 2.42. The maximum Gasteiger partial charge on any atom is 0.228 e. The Balaban J connectivity index is 1.78. The number of aromatic nitrogens is 1. The molecule has 1 unspecified atom stereocenters. The summed E-state index contributed by atoms with van der Waals surface area (Å²) in [6.45, 7) is 5.09. The molecule has 1 aliphatic heterocycles. The molecule has 3 rings (SSSR count). The molecular formula is C14H15N3OS. The Morgan fingerprint density at radius 1 is 1.68 bits per heavy atom. The zero-order valence-electron chi connectivity index (χ0n) is 11.4. The quantitative estimate of drug-likeness (QED) is 0.935. The van der Waals surface area contributed by atoms with Crippen LogP contribution in [0, 0.1) is 5.92 Å². The van der Waals surface area contributed by atoms with Gasteiger partial charge < -0.3 is 10.2 Å². The maximum atomic E-state index is 11.8. The number of fused-ring (bicyclic) bond motifs is 1. The van der Waals surface area contributed by atoms with Crippen LogP contribution in [0.15, 0.2) is 36.5 Å². The predicted molar refractivity (Wildman–Crippen MR) is 78.3 cm³/mol. The Bertz CT molecular complexity index is 669. The minimum absolute atomic E-state index is 0.00543. The first-order valence-corrected chi connectivity index (χ1v) is 7.02. The van der Waals surface area contributed by atoms with Crippen LogP contribution in [-0.4, -0.2) is 24.0 Å². The number of thiazole rings is 1. The van der Waals surface area contributed by atoms with Crippen LogP contribution >= 0.6 is 11.3 Å². The Morgan fingerprint density at radius 3 is 3.42 bits per heavy atom. The van der Waals surface area contributed by atoms with Gasteiger partial charge in [-0.15, -0.1) is 11.3 Å². The molecule has 2 aromatic rings. The lowest BCUT2D eigenvalue weighted by molar-refractivity contribution is -0.123. The monoisotopic (exact) mass is 275 g/mol. The van der Waals surface area contributed by atoms with Gasteiger partial charge in [-0.1, -0.05) is 6.58 Å². The molecule has 1 saturated heterocycles. The second kappa shape index (κ2) is 5.01. The van der Waals surface area contributed by atoms with Gasteiger partial charge >= 0.3 is 0 Å². The predicted octanol–water partition coefficient (Wildman–Crippen LogP) is 2.38. The van der Waals surface area contributed by atoms with Crippen LogP contribution in [0.4, 0.5) is 5.69 Å². The van der Waals surface area contributed by atoms with E-state index >= 15 is 0 Å². The summed E-state index contributed by atoms with van der Waals surface area (Å²) in [4.78, 5) is 18.2. The SMILES string of the molecule is [3H]c1nc2cc(N3CCC(C(=O)NC=C)C3)ccc2s1. The third-order valence-electron chi connectivity index (χ3n) is 3.43. The van der Waals surface area contributed by atoms with Gasteiger partial charge in [-0.2, -0.15) is 0 Å². The normalized spacial score (nSPS) is 19.5. The number of hydrogen-bond donors (Lipinski definition) is 1. The molecule has 1 aromatic heterocycles.